The van der Waals surface area contributed by atoms with Crippen molar-refractivity contribution in [3.63, 3.8) is 0 Å². The van der Waals surface area contributed by atoms with E-state index in [0.29, 0.717) is 6.04 Å². The molecule has 2 aromatic heterocycles. The van der Waals surface area contributed by atoms with Crippen LogP contribution < -0.4 is 5.32 Å². The quantitative estimate of drug-likeness (QED) is 0.882. The molecule has 0 aliphatic heterocycles. The Kier molecular flexibility index (Phi) is 3.29. The van der Waals surface area contributed by atoms with Gasteiger partial charge in [-0.1, -0.05) is 0 Å². The van der Waals surface area contributed by atoms with Crippen LogP contribution in [0.4, 0.5) is 5.95 Å². The minimum absolute atomic E-state index is 0.408. The third-order valence-corrected chi connectivity index (χ3v) is 3.42. The van der Waals surface area contributed by atoms with Gasteiger partial charge in [-0.05, 0) is 37.8 Å². The molecule has 0 amide bonds. The number of aromatic nitrogens is 2. The van der Waals surface area contributed by atoms with E-state index < -0.39 is 0 Å². The first kappa shape index (κ1) is 11.2. The zero-order valence-corrected chi connectivity index (χ0v) is 10.7. The van der Waals surface area contributed by atoms with Crippen molar-refractivity contribution >= 4 is 17.3 Å². The summed E-state index contributed by atoms with van der Waals surface area (Å²) in [6, 6.07) is 2.57. The summed E-state index contributed by atoms with van der Waals surface area (Å²) in [6.45, 7) is 7.29. The Morgan fingerprint density at radius 1 is 1.50 bits per heavy atom. The molecular weight excluding hydrogens is 218 g/mol. The second-order valence-electron chi connectivity index (χ2n) is 4.20. The SMILES string of the molecule is Cc1ccsc1Cn1ccnc1NC(C)C. The first-order valence-corrected chi connectivity index (χ1v) is 6.35. The van der Waals surface area contributed by atoms with Crippen molar-refractivity contribution in [3.05, 3.63) is 34.3 Å². The maximum atomic E-state index is 4.32. The predicted octanol–water partition coefficient (Wildman–Crippen LogP) is 3.12. The van der Waals surface area contributed by atoms with Crippen LogP contribution in [0.2, 0.25) is 0 Å². The summed E-state index contributed by atoms with van der Waals surface area (Å²) in [5.41, 5.74) is 1.36. The van der Waals surface area contributed by atoms with Gasteiger partial charge in [0.05, 0.1) is 6.54 Å². The van der Waals surface area contributed by atoms with E-state index in [9.17, 15) is 0 Å². The van der Waals surface area contributed by atoms with Gasteiger partial charge in [0.15, 0.2) is 0 Å². The highest BCUT2D eigenvalue weighted by Gasteiger charge is 2.06. The van der Waals surface area contributed by atoms with Crippen molar-refractivity contribution < 1.29 is 0 Å². The number of rotatable bonds is 4. The van der Waals surface area contributed by atoms with Gasteiger partial charge in [0.25, 0.3) is 0 Å². The van der Waals surface area contributed by atoms with Crippen molar-refractivity contribution in [1.82, 2.24) is 9.55 Å². The maximum Gasteiger partial charge on any atom is 0.203 e. The molecule has 2 rings (SSSR count). The third kappa shape index (κ3) is 2.44. The molecule has 2 heterocycles. The minimum atomic E-state index is 0.408. The van der Waals surface area contributed by atoms with Crippen LogP contribution in [0.15, 0.2) is 23.8 Å². The number of hydrogen-bond acceptors (Lipinski definition) is 3. The van der Waals surface area contributed by atoms with Crippen molar-refractivity contribution in [1.29, 1.82) is 0 Å². The highest BCUT2D eigenvalue weighted by atomic mass is 32.1. The standard InChI is InChI=1S/C12H17N3S/c1-9(2)14-12-13-5-6-15(12)8-11-10(3)4-7-16-11/h4-7,9H,8H2,1-3H3,(H,13,14). The third-order valence-electron chi connectivity index (χ3n) is 2.42. The highest BCUT2D eigenvalue weighted by Crippen LogP contribution is 2.18. The number of imidazole rings is 1. The summed E-state index contributed by atoms with van der Waals surface area (Å²) in [6.07, 6.45) is 3.86. The number of nitrogens with zero attached hydrogens (tertiary/aromatic N) is 2. The first-order chi connectivity index (χ1) is 7.66. The average molecular weight is 235 g/mol. The van der Waals surface area contributed by atoms with E-state index in [-0.39, 0.29) is 0 Å². The number of aryl methyl sites for hydroxylation is 1. The molecule has 0 unspecified atom stereocenters. The van der Waals surface area contributed by atoms with Gasteiger partial charge in [0, 0.05) is 23.3 Å². The molecule has 0 fully saturated rings. The molecule has 0 saturated heterocycles. The molecule has 0 atom stereocenters. The lowest BCUT2D eigenvalue weighted by molar-refractivity contribution is 0.779. The molecule has 0 radical (unpaired) electrons. The number of nitrogens with one attached hydrogen (secondary N) is 1. The lowest BCUT2D eigenvalue weighted by Gasteiger charge is -2.11. The molecule has 0 aromatic carbocycles. The lowest BCUT2D eigenvalue weighted by atomic mass is 10.3. The Balaban J connectivity index is 2.16. The van der Waals surface area contributed by atoms with E-state index in [0.717, 1.165) is 12.5 Å². The zero-order chi connectivity index (χ0) is 11.5. The second kappa shape index (κ2) is 4.70. The van der Waals surface area contributed by atoms with Gasteiger partial charge in [-0.15, -0.1) is 11.3 Å². The molecule has 3 nitrogen and oxygen atoms in total. The summed E-state index contributed by atoms with van der Waals surface area (Å²) in [5.74, 6) is 0.947. The largest absolute Gasteiger partial charge is 0.353 e. The van der Waals surface area contributed by atoms with Crippen LogP contribution in [-0.4, -0.2) is 15.6 Å². The molecule has 86 valence electrons. The smallest absolute Gasteiger partial charge is 0.203 e. The van der Waals surface area contributed by atoms with Gasteiger partial charge < -0.3 is 9.88 Å². The molecule has 0 aliphatic carbocycles. The average Bonchev–Trinajstić information content (AvgIpc) is 2.78. The monoisotopic (exact) mass is 235 g/mol. The van der Waals surface area contributed by atoms with Gasteiger partial charge in [-0.3, -0.25) is 0 Å². The summed E-state index contributed by atoms with van der Waals surface area (Å²) in [7, 11) is 0. The molecule has 4 heteroatoms. The van der Waals surface area contributed by atoms with Crippen LogP contribution in [0.3, 0.4) is 0 Å². The van der Waals surface area contributed by atoms with Gasteiger partial charge in [0.1, 0.15) is 0 Å². The summed E-state index contributed by atoms with van der Waals surface area (Å²) < 4.78 is 2.15. The Labute approximate surface area is 100 Å². The van der Waals surface area contributed by atoms with E-state index in [2.05, 4.69) is 47.1 Å². The summed E-state index contributed by atoms with van der Waals surface area (Å²) in [4.78, 5) is 5.72. The van der Waals surface area contributed by atoms with Gasteiger partial charge >= 0.3 is 0 Å². The van der Waals surface area contributed by atoms with Gasteiger partial charge in [-0.2, -0.15) is 0 Å². The Morgan fingerprint density at radius 3 is 2.94 bits per heavy atom. The maximum absolute atomic E-state index is 4.32. The van der Waals surface area contributed by atoms with Crippen LogP contribution >= 0.6 is 11.3 Å². The van der Waals surface area contributed by atoms with Crippen molar-refractivity contribution in [2.24, 2.45) is 0 Å². The minimum Gasteiger partial charge on any atom is -0.353 e. The predicted molar refractivity (Wildman–Crippen MR) is 69.1 cm³/mol. The van der Waals surface area contributed by atoms with Crippen molar-refractivity contribution in [3.8, 4) is 0 Å². The number of hydrogen-bond donors (Lipinski definition) is 1. The van der Waals surface area contributed by atoms with Crippen LogP contribution in [0.25, 0.3) is 0 Å². The molecule has 0 spiro atoms. The van der Waals surface area contributed by atoms with Crippen LogP contribution in [0.1, 0.15) is 24.3 Å². The summed E-state index contributed by atoms with van der Waals surface area (Å²) in [5, 5.41) is 5.48. The zero-order valence-electron chi connectivity index (χ0n) is 9.90. The fraction of sp³-hybridized carbons (Fsp3) is 0.417. The van der Waals surface area contributed by atoms with Crippen molar-refractivity contribution in [2.75, 3.05) is 5.32 Å². The molecule has 0 bridgehead atoms. The number of anilines is 1. The second-order valence-corrected chi connectivity index (χ2v) is 5.21. The molecule has 0 saturated carbocycles. The fourth-order valence-corrected chi connectivity index (χ4v) is 2.46. The molecular formula is C12H17N3S. The van der Waals surface area contributed by atoms with Crippen molar-refractivity contribution in [2.45, 2.75) is 33.4 Å². The van der Waals surface area contributed by atoms with E-state index in [4.69, 9.17) is 0 Å². The molecule has 16 heavy (non-hydrogen) atoms. The molecule has 1 N–H and O–H groups in total. The Morgan fingerprint density at radius 2 is 2.31 bits per heavy atom. The lowest BCUT2D eigenvalue weighted by Crippen LogP contribution is -2.14. The Hall–Kier alpha value is -1.29. The van der Waals surface area contributed by atoms with E-state index in [1.165, 1.54) is 10.4 Å². The molecule has 2 aromatic rings. The van der Waals surface area contributed by atoms with Crippen LogP contribution in [0, 0.1) is 6.92 Å². The summed E-state index contributed by atoms with van der Waals surface area (Å²) >= 11 is 1.80. The molecule has 0 aliphatic rings. The van der Waals surface area contributed by atoms with Crippen LogP contribution in [-0.2, 0) is 6.54 Å². The number of thiophene rings is 1. The first-order valence-electron chi connectivity index (χ1n) is 5.47. The van der Waals surface area contributed by atoms with Gasteiger partial charge in [0.2, 0.25) is 5.95 Å². The normalized spacial score (nSPS) is 11.0. The van der Waals surface area contributed by atoms with E-state index in [1.807, 2.05) is 12.4 Å². The van der Waals surface area contributed by atoms with E-state index >= 15 is 0 Å². The van der Waals surface area contributed by atoms with E-state index in [1.54, 1.807) is 11.3 Å². The van der Waals surface area contributed by atoms with Crippen LogP contribution in [0.5, 0.6) is 0 Å². The Bertz CT molecular complexity index is 456. The topological polar surface area (TPSA) is 29.9 Å². The van der Waals surface area contributed by atoms with Gasteiger partial charge in [-0.25, -0.2) is 4.98 Å². The highest BCUT2D eigenvalue weighted by molar-refractivity contribution is 7.10. The fourth-order valence-electron chi connectivity index (χ4n) is 1.56.